The van der Waals surface area contributed by atoms with Crippen LogP contribution >= 0.6 is 0 Å². The number of methoxy groups -OCH3 is 1. The molecule has 0 unspecified atom stereocenters. The summed E-state index contributed by atoms with van der Waals surface area (Å²) < 4.78 is 48.7. The van der Waals surface area contributed by atoms with Gasteiger partial charge in [0.15, 0.2) is 11.5 Å². The molecule has 0 atom stereocenters. The van der Waals surface area contributed by atoms with Gasteiger partial charge < -0.3 is 9.47 Å². The number of ether oxygens (including phenoxy) is 2. The van der Waals surface area contributed by atoms with Crippen LogP contribution < -0.4 is 14.3 Å². The fraction of sp³-hybridized carbons (Fsp3) is 0.0952. The molecule has 0 aromatic heterocycles. The van der Waals surface area contributed by atoms with E-state index in [-0.39, 0.29) is 4.90 Å². The molecule has 1 N–H and O–H groups in total. The van der Waals surface area contributed by atoms with E-state index in [1.165, 1.54) is 13.3 Å². The number of nitrogens with one attached hydrogen (secondary N) is 1. The summed E-state index contributed by atoms with van der Waals surface area (Å²) in [6.45, 7) is 0.309. The van der Waals surface area contributed by atoms with E-state index in [0.29, 0.717) is 23.7 Å². The lowest BCUT2D eigenvalue weighted by Crippen LogP contribution is -2.18. The average molecular weight is 414 g/mol. The zero-order valence-electron chi connectivity index (χ0n) is 15.6. The van der Waals surface area contributed by atoms with Gasteiger partial charge in [0.25, 0.3) is 10.0 Å². The maximum Gasteiger partial charge on any atom is 0.276 e. The fourth-order valence-electron chi connectivity index (χ4n) is 2.51. The molecule has 3 aromatic carbocycles. The molecule has 0 saturated heterocycles. The van der Waals surface area contributed by atoms with Crippen LogP contribution in [0.1, 0.15) is 11.1 Å². The van der Waals surface area contributed by atoms with E-state index in [1.807, 2.05) is 30.3 Å². The molecule has 150 valence electrons. The number of sulfonamides is 1. The first-order valence-corrected chi connectivity index (χ1v) is 10.1. The Hall–Kier alpha value is -3.39. The summed E-state index contributed by atoms with van der Waals surface area (Å²) >= 11 is 0. The van der Waals surface area contributed by atoms with Crippen LogP contribution in [0.25, 0.3) is 0 Å². The van der Waals surface area contributed by atoms with Gasteiger partial charge in [0, 0.05) is 5.56 Å². The molecule has 3 aromatic rings. The highest BCUT2D eigenvalue weighted by Gasteiger charge is 2.13. The third-order valence-corrected chi connectivity index (χ3v) is 5.19. The van der Waals surface area contributed by atoms with Gasteiger partial charge in [-0.25, -0.2) is 9.22 Å². The molecule has 0 radical (unpaired) electrons. The zero-order valence-corrected chi connectivity index (χ0v) is 16.4. The maximum absolute atomic E-state index is 13.0. The molecular weight excluding hydrogens is 395 g/mol. The summed E-state index contributed by atoms with van der Waals surface area (Å²) in [6.07, 6.45) is 1.32. The maximum atomic E-state index is 13.0. The van der Waals surface area contributed by atoms with Crippen LogP contribution in [0.4, 0.5) is 4.39 Å². The Morgan fingerprint density at radius 2 is 1.72 bits per heavy atom. The summed E-state index contributed by atoms with van der Waals surface area (Å²) in [4.78, 5) is 2.01. The molecule has 0 aliphatic rings. The smallest absolute Gasteiger partial charge is 0.276 e. The normalized spacial score (nSPS) is 11.4. The predicted molar refractivity (Wildman–Crippen MR) is 108 cm³/mol. The summed E-state index contributed by atoms with van der Waals surface area (Å²) in [5.74, 6) is 0.402. The minimum absolute atomic E-state index is 0.0951. The number of hydrogen-bond donors (Lipinski definition) is 1. The highest BCUT2D eigenvalue weighted by molar-refractivity contribution is 7.89. The molecule has 0 heterocycles. The second-order valence-electron chi connectivity index (χ2n) is 5.96. The Morgan fingerprint density at radius 1 is 1.00 bits per heavy atom. The third kappa shape index (κ3) is 5.32. The molecule has 29 heavy (non-hydrogen) atoms. The number of para-hydroxylation sites is 1. The number of hydrazone groups is 1. The Kier molecular flexibility index (Phi) is 6.46. The Labute approximate surface area is 168 Å². The quantitative estimate of drug-likeness (QED) is 0.450. The zero-order chi connectivity index (χ0) is 20.7. The number of benzene rings is 3. The molecule has 6 nitrogen and oxygen atoms in total. The van der Waals surface area contributed by atoms with Crippen LogP contribution in [0.5, 0.6) is 11.5 Å². The molecular formula is C21H19FN2O4S. The SMILES string of the molecule is COc1cccc(/C=N/NS(=O)(=O)c2ccc(F)cc2)c1OCc1ccccc1. The standard InChI is InChI=1S/C21H19FN2O4S/c1-27-20-9-5-8-17(21(20)28-15-16-6-3-2-4-7-16)14-23-24-29(25,26)19-12-10-18(22)11-13-19/h2-14,24H,15H2,1H3/b23-14+. The number of hydrogen-bond acceptors (Lipinski definition) is 5. The van der Waals surface area contributed by atoms with Crippen molar-refractivity contribution in [2.24, 2.45) is 5.10 Å². The van der Waals surface area contributed by atoms with Gasteiger partial charge in [-0.3, -0.25) is 0 Å². The van der Waals surface area contributed by atoms with E-state index in [2.05, 4.69) is 9.93 Å². The van der Waals surface area contributed by atoms with Crippen molar-refractivity contribution < 1.29 is 22.3 Å². The first kappa shape index (κ1) is 20.3. The second-order valence-corrected chi connectivity index (χ2v) is 7.62. The lowest BCUT2D eigenvalue weighted by atomic mass is 10.2. The van der Waals surface area contributed by atoms with Crippen molar-refractivity contribution in [3.05, 3.63) is 89.7 Å². The van der Waals surface area contributed by atoms with Gasteiger partial charge in [-0.15, -0.1) is 0 Å². The Bertz CT molecular complexity index is 1090. The van der Waals surface area contributed by atoms with Crippen molar-refractivity contribution in [1.29, 1.82) is 0 Å². The van der Waals surface area contributed by atoms with Crippen molar-refractivity contribution in [2.45, 2.75) is 11.5 Å². The summed E-state index contributed by atoms with van der Waals surface area (Å²) in [5, 5.41) is 3.81. The van der Waals surface area contributed by atoms with Crippen molar-refractivity contribution >= 4 is 16.2 Å². The molecule has 0 spiro atoms. The van der Waals surface area contributed by atoms with Crippen molar-refractivity contribution in [1.82, 2.24) is 4.83 Å². The molecule has 0 bridgehead atoms. The highest BCUT2D eigenvalue weighted by Crippen LogP contribution is 2.30. The van der Waals surface area contributed by atoms with Crippen LogP contribution in [-0.4, -0.2) is 21.7 Å². The third-order valence-electron chi connectivity index (χ3n) is 3.96. The van der Waals surface area contributed by atoms with Crippen molar-refractivity contribution in [2.75, 3.05) is 7.11 Å². The van der Waals surface area contributed by atoms with E-state index >= 15 is 0 Å². The Balaban J connectivity index is 1.78. The summed E-state index contributed by atoms with van der Waals surface area (Å²) in [5.41, 5.74) is 1.50. The highest BCUT2D eigenvalue weighted by atomic mass is 32.2. The molecule has 8 heteroatoms. The monoisotopic (exact) mass is 414 g/mol. The molecule has 0 saturated carbocycles. The number of rotatable bonds is 8. The topological polar surface area (TPSA) is 77.0 Å². The minimum atomic E-state index is -3.92. The Morgan fingerprint density at radius 3 is 2.41 bits per heavy atom. The molecule has 0 aliphatic heterocycles. The van der Waals surface area contributed by atoms with E-state index in [0.717, 1.165) is 29.8 Å². The van der Waals surface area contributed by atoms with Crippen LogP contribution in [-0.2, 0) is 16.6 Å². The van der Waals surface area contributed by atoms with E-state index in [4.69, 9.17) is 9.47 Å². The lowest BCUT2D eigenvalue weighted by molar-refractivity contribution is 0.284. The van der Waals surface area contributed by atoms with Gasteiger partial charge in [0.05, 0.1) is 18.2 Å². The van der Waals surface area contributed by atoms with E-state index in [1.54, 1.807) is 18.2 Å². The average Bonchev–Trinajstić information content (AvgIpc) is 2.73. The van der Waals surface area contributed by atoms with Crippen LogP contribution in [0.15, 0.2) is 82.8 Å². The van der Waals surface area contributed by atoms with Gasteiger partial charge in [-0.05, 0) is 42.0 Å². The number of halogens is 1. The fourth-order valence-corrected chi connectivity index (χ4v) is 3.30. The minimum Gasteiger partial charge on any atom is -0.493 e. The number of nitrogens with zero attached hydrogens (tertiary/aromatic N) is 1. The van der Waals surface area contributed by atoms with Crippen LogP contribution in [0, 0.1) is 5.82 Å². The van der Waals surface area contributed by atoms with Gasteiger partial charge in [0.1, 0.15) is 12.4 Å². The molecule has 0 amide bonds. The first-order valence-electron chi connectivity index (χ1n) is 8.64. The van der Waals surface area contributed by atoms with Gasteiger partial charge in [-0.1, -0.05) is 36.4 Å². The summed E-state index contributed by atoms with van der Waals surface area (Å²) in [7, 11) is -2.40. The molecule has 0 aliphatic carbocycles. The van der Waals surface area contributed by atoms with E-state index < -0.39 is 15.8 Å². The molecule has 0 fully saturated rings. The predicted octanol–water partition coefficient (Wildman–Crippen LogP) is 3.73. The van der Waals surface area contributed by atoms with Gasteiger partial charge >= 0.3 is 0 Å². The second kappa shape index (κ2) is 9.20. The first-order chi connectivity index (χ1) is 14.0. The largest absolute Gasteiger partial charge is 0.493 e. The van der Waals surface area contributed by atoms with Gasteiger partial charge in [0.2, 0.25) is 0 Å². The van der Waals surface area contributed by atoms with Crippen LogP contribution in [0.3, 0.4) is 0 Å². The van der Waals surface area contributed by atoms with Gasteiger partial charge in [-0.2, -0.15) is 13.5 Å². The van der Waals surface area contributed by atoms with Crippen molar-refractivity contribution in [3.8, 4) is 11.5 Å². The summed E-state index contributed by atoms with van der Waals surface area (Å²) in [6, 6.07) is 19.2. The van der Waals surface area contributed by atoms with Crippen LogP contribution in [0.2, 0.25) is 0 Å². The lowest BCUT2D eigenvalue weighted by Gasteiger charge is -2.13. The van der Waals surface area contributed by atoms with Crippen molar-refractivity contribution in [3.63, 3.8) is 0 Å². The van der Waals surface area contributed by atoms with E-state index in [9.17, 15) is 12.8 Å². The molecule has 3 rings (SSSR count).